The van der Waals surface area contributed by atoms with Gasteiger partial charge in [0.05, 0.1) is 3.57 Å². The predicted octanol–water partition coefficient (Wildman–Crippen LogP) is 5.86. The monoisotopic (exact) mass is 370 g/mol. The van der Waals surface area contributed by atoms with Crippen LogP contribution in [0.2, 0.25) is 0 Å². The lowest BCUT2D eigenvalue weighted by atomic mass is 10.0. The normalized spacial score (nSPS) is 11.2. The molecule has 1 heterocycles. The minimum absolute atomic E-state index is 0.944. The molecule has 0 radical (unpaired) electrons. The van der Waals surface area contributed by atoms with Crippen LogP contribution >= 0.6 is 22.6 Å². The first-order valence-electron chi connectivity index (χ1n) is 6.50. The topological polar surface area (TPSA) is 13.1 Å². The Hall–Kier alpha value is -1.81. The molecular formula is C18H11IO. The van der Waals surface area contributed by atoms with E-state index in [4.69, 9.17) is 4.42 Å². The molecular weight excluding hydrogens is 359 g/mol. The minimum Gasteiger partial charge on any atom is -0.455 e. The Balaban J connectivity index is 2.09. The highest BCUT2D eigenvalue weighted by Crippen LogP contribution is 2.37. The third-order valence-electron chi connectivity index (χ3n) is 3.57. The number of para-hydroxylation sites is 1. The maximum Gasteiger partial charge on any atom is 0.149 e. The zero-order chi connectivity index (χ0) is 13.5. The summed E-state index contributed by atoms with van der Waals surface area (Å²) >= 11 is 2.38. The van der Waals surface area contributed by atoms with Crippen LogP contribution in [0.1, 0.15) is 0 Å². The Morgan fingerprint density at radius 3 is 2.25 bits per heavy atom. The second-order valence-electron chi connectivity index (χ2n) is 4.77. The molecule has 0 aliphatic heterocycles. The molecule has 0 atom stereocenters. The molecule has 0 fully saturated rings. The van der Waals surface area contributed by atoms with E-state index in [0.29, 0.717) is 0 Å². The van der Waals surface area contributed by atoms with Crippen molar-refractivity contribution in [2.45, 2.75) is 0 Å². The van der Waals surface area contributed by atoms with Crippen LogP contribution in [0.3, 0.4) is 0 Å². The van der Waals surface area contributed by atoms with Gasteiger partial charge in [-0.2, -0.15) is 0 Å². The summed E-state index contributed by atoms with van der Waals surface area (Å²) in [6.45, 7) is 0. The Labute approximate surface area is 130 Å². The van der Waals surface area contributed by atoms with Gasteiger partial charge in [-0.15, -0.1) is 0 Å². The molecule has 3 aromatic carbocycles. The van der Waals surface area contributed by atoms with E-state index in [1.165, 1.54) is 19.7 Å². The number of hydrogen-bond acceptors (Lipinski definition) is 1. The third-order valence-corrected chi connectivity index (χ3v) is 4.64. The largest absolute Gasteiger partial charge is 0.455 e. The first-order valence-corrected chi connectivity index (χ1v) is 7.57. The van der Waals surface area contributed by atoms with Gasteiger partial charge in [0.15, 0.2) is 0 Å². The Kier molecular flexibility index (Phi) is 2.77. The van der Waals surface area contributed by atoms with E-state index in [1.54, 1.807) is 0 Å². The highest BCUT2D eigenvalue weighted by Gasteiger charge is 2.15. The lowest BCUT2D eigenvalue weighted by molar-refractivity contribution is 0.630. The van der Waals surface area contributed by atoms with Crippen molar-refractivity contribution in [2.75, 3.05) is 0 Å². The van der Waals surface area contributed by atoms with Crippen molar-refractivity contribution in [2.24, 2.45) is 0 Å². The van der Waals surface area contributed by atoms with Gasteiger partial charge in [0.25, 0.3) is 0 Å². The van der Waals surface area contributed by atoms with E-state index in [0.717, 1.165) is 16.9 Å². The molecule has 96 valence electrons. The first kappa shape index (κ1) is 12.0. The lowest BCUT2D eigenvalue weighted by Crippen LogP contribution is -1.80. The molecule has 4 aromatic rings. The standard InChI is InChI=1S/C18H11IO/c19-17-15-9-3-4-11-16(15)20-18(17)14-10-5-7-12-6-1-2-8-13(12)14/h1-11H. The Morgan fingerprint density at radius 2 is 1.40 bits per heavy atom. The van der Waals surface area contributed by atoms with Gasteiger partial charge in [-0.1, -0.05) is 60.7 Å². The van der Waals surface area contributed by atoms with Crippen LogP contribution in [0.5, 0.6) is 0 Å². The highest BCUT2D eigenvalue weighted by molar-refractivity contribution is 14.1. The van der Waals surface area contributed by atoms with E-state index in [9.17, 15) is 0 Å². The van der Waals surface area contributed by atoms with Gasteiger partial charge in [0.2, 0.25) is 0 Å². The maximum atomic E-state index is 6.09. The molecule has 0 amide bonds. The van der Waals surface area contributed by atoms with Crippen LogP contribution in [-0.2, 0) is 0 Å². The average Bonchev–Trinajstić information content (AvgIpc) is 2.84. The van der Waals surface area contributed by atoms with Crippen LogP contribution in [0.15, 0.2) is 71.1 Å². The van der Waals surface area contributed by atoms with E-state index >= 15 is 0 Å². The molecule has 1 aromatic heterocycles. The summed E-state index contributed by atoms with van der Waals surface area (Å²) in [6.07, 6.45) is 0. The molecule has 1 nitrogen and oxygen atoms in total. The van der Waals surface area contributed by atoms with E-state index in [-0.39, 0.29) is 0 Å². The van der Waals surface area contributed by atoms with E-state index < -0.39 is 0 Å². The van der Waals surface area contributed by atoms with Crippen LogP contribution < -0.4 is 0 Å². The zero-order valence-corrected chi connectivity index (χ0v) is 12.8. The number of furan rings is 1. The molecule has 0 bridgehead atoms. The summed E-state index contributed by atoms with van der Waals surface area (Å²) in [5.41, 5.74) is 2.10. The Morgan fingerprint density at radius 1 is 0.700 bits per heavy atom. The van der Waals surface area contributed by atoms with Crippen molar-refractivity contribution in [3.05, 3.63) is 70.3 Å². The fraction of sp³-hybridized carbons (Fsp3) is 0. The molecule has 0 N–H and O–H groups in total. The van der Waals surface area contributed by atoms with Gasteiger partial charge in [-0.05, 0) is 39.4 Å². The maximum absolute atomic E-state index is 6.09. The molecule has 0 aliphatic rings. The fourth-order valence-electron chi connectivity index (χ4n) is 2.61. The van der Waals surface area contributed by atoms with Crippen molar-refractivity contribution in [1.82, 2.24) is 0 Å². The molecule has 0 saturated carbocycles. The predicted molar refractivity (Wildman–Crippen MR) is 91.9 cm³/mol. The molecule has 4 rings (SSSR count). The summed E-state index contributed by atoms with van der Waals surface area (Å²) in [7, 11) is 0. The molecule has 20 heavy (non-hydrogen) atoms. The van der Waals surface area contributed by atoms with Crippen LogP contribution in [0.4, 0.5) is 0 Å². The zero-order valence-electron chi connectivity index (χ0n) is 10.6. The van der Waals surface area contributed by atoms with Gasteiger partial charge >= 0.3 is 0 Å². The molecule has 0 aliphatic carbocycles. The molecule has 2 heteroatoms. The van der Waals surface area contributed by atoms with Crippen molar-refractivity contribution in [1.29, 1.82) is 0 Å². The van der Waals surface area contributed by atoms with Crippen LogP contribution in [0.25, 0.3) is 33.1 Å². The van der Waals surface area contributed by atoms with Gasteiger partial charge in [0.1, 0.15) is 11.3 Å². The number of halogens is 1. The fourth-order valence-corrected chi connectivity index (χ4v) is 3.46. The first-order chi connectivity index (χ1) is 9.84. The second kappa shape index (κ2) is 4.63. The summed E-state index contributed by atoms with van der Waals surface area (Å²) < 4.78 is 7.26. The summed E-state index contributed by atoms with van der Waals surface area (Å²) in [5, 5.41) is 3.64. The van der Waals surface area contributed by atoms with E-state index in [2.05, 4.69) is 71.1 Å². The molecule has 0 saturated heterocycles. The highest BCUT2D eigenvalue weighted by atomic mass is 127. The average molecular weight is 370 g/mol. The molecule has 0 spiro atoms. The second-order valence-corrected chi connectivity index (χ2v) is 5.85. The Bertz CT molecular complexity index is 916. The number of rotatable bonds is 1. The van der Waals surface area contributed by atoms with Crippen molar-refractivity contribution >= 4 is 44.3 Å². The summed E-state index contributed by atoms with van der Waals surface area (Å²) in [4.78, 5) is 0. The number of fused-ring (bicyclic) bond motifs is 2. The number of hydrogen-bond donors (Lipinski definition) is 0. The van der Waals surface area contributed by atoms with Gasteiger partial charge < -0.3 is 4.42 Å². The SMILES string of the molecule is Ic1c(-c2cccc3ccccc23)oc2ccccc12. The van der Waals surface area contributed by atoms with Crippen LogP contribution in [-0.4, -0.2) is 0 Å². The summed E-state index contributed by atoms with van der Waals surface area (Å²) in [6, 6.07) is 22.9. The molecule has 0 unspecified atom stereocenters. The van der Waals surface area contributed by atoms with Crippen molar-refractivity contribution < 1.29 is 4.42 Å². The van der Waals surface area contributed by atoms with E-state index in [1.807, 2.05) is 18.2 Å². The van der Waals surface area contributed by atoms with Crippen molar-refractivity contribution in [3.63, 3.8) is 0 Å². The quantitative estimate of drug-likeness (QED) is 0.383. The van der Waals surface area contributed by atoms with Crippen molar-refractivity contribution in [3.8, 4) is 11.3 Å². The van der Waals surface area contributed by atoms with Gasteiger partial charge in [-0.3, -0.25) is 0 Å². The minimum atomic E-state index is 0.944. The van der Waals surface area contributed by atoms with Gasteiger partial charge in [-0.25, -0.2) is 0 Å². The van der Waals surface area contributed by atoms with Gasteiger partial charge in [0, 0.05) is 10.9 Å². The summed E-state index contributed by atoms with van der Waals surface area (Å²) in [5.74, 6) is 0.962. The third kappa shape index (κ3) is 1.75. The smallest absolute Gasteiger partial charge is 0.149 e. The number of benzene rings is 3. The lowest BCUT2D eigenvalue weighted by Gasteiger charge is -2.04. The van der Waals surface area contributed by atoms with Crippen LogP contribution in [0, 0.1) is 3.57 Å².